The molecular formula is C18H18N4O2S. The lowest BCUT2D eigenvalue weighted by Crippen LogP contribution is -2.28. The number of likely N-dealkylation sites (tertiary alicyclic amines) is 1. The van der Waals surface area contributed by atoms with E-state index in [4.69, 9.17) is 4.52 Å². The Bertz CT molecular complexity index is 874. The van der Waals surface area contributed by atoms with Crippen molar-refractivity contribution in [2.24, 2.45) is 5.92 Å². The first-order chi connectivity index (χ1) is 12.2. The second-order valence-electron chi connectivity index (χ2n) is 6.27. The minimum Gasteiger partial charge on any atom is -0.338 e. The third-order valence-electron chi connectivity index (χ3n) is 4.39. The molecule has 4 heterocycles. The van der Waals surface area contributed by atoms with Crippen LogP contribution in [-0.2, 0) is 6.42 Å². The second kappa shape index (κ2) is 6.76. The topological polar surface area (TPSA) is 72.1 Å². The van der Waals surface area contributed by atoms with E-state index in [9.17, 15) is 4.79 Å². The largest absolute Gasteiger partial charge is 0.338 e. The highest BCUT2D eigenvalue weighted by Crippen LogP contribution is 2.25. The van der Waals surface area contributed by atoms with Gasteiger partial charge in [0.2, 0.25) is 0 Å². The lowest BCUT2D eigenvalue weighted by molar-refractivity contribution is 0.0791. The van der Waals surface area contributed by atoms with Crippen LogP contribution in [0.1, 0.15) is 26.8 Å². The molecule has 0 N–H and O–H groups in total. The van der Waals surface area contributed by atoms with Gasteiger partial charge in [-0.1, -0.05) is 5.16 Å². The summed E-state index contributed by atoms with van der Waals surface area (Å²) in [6, 6.07) is 7.59. The molecule has 1 fully saturated rings. The van der Waals surface area contributed by atoms with Crippen LogP contribution < -0.4 is 0 Å². The average Bonchev–Trinajstić information content (AvgIpc) is 3.37. The van der Waals surface area contributed by atoms with Crippen LogP contribution in [0.2, 0.25) is 0 Å². The molecule has 0 spiro atoms. The quantitative estimate of drug-likeness (QED) is 0.719. The van der Waals surface area contributed by atoms with Gasteiger partial charge < -0.3 is 9.42 Å². The van der Waals surface area contributed by atoms with Crippen LogP contribution in [0.5, 0.6) is 0 Å². The highest BCUT2D eigenvalue weighted by atomic mass is 32.1. The zero-order chi connectivity index (χ0) is 17.2. The average molecular weight is 354 g/mol. The molecular weight excluding hydrogens is 336 g/mol. The van der Waals surface area contributed by atoms with Crippen LogP contribution in [0, 0.1) is 12.8 Å². The lowest BCUT2D eigenvalue weighted by atomic mass is 10.1. The summed E-state index contributed by atoms with van der Waals surface area (Å²) in [6.07, 6.45) is 5.09. The smallest absolute Gasteiger partial charge is 0.263 e. The summed E-state index contributed by atoms with van der Waals surface area (Å²) in [5.41, 5.74) is 0.866. The summed E-state index contributed by atoms with van der Waals surface area (Å²) in [5, 5.41) is 4.08. The molecule has 25 heavy (non-hydrogen) atoms. The van der Waals surface area contributed by atoms with E-state index in [1.54, 1.807) is 23.7 Å². The van der Waals surface area contributed by atoms with E-state index in [0.29, 0.717) is 17.6 Å². The maximum atomic E-state index is 12.5. The first-order valence-corrected chi connectivity index (χ1v) is 9.09. The van der Waals surface area contributed by atoms with E-state index >= 15 is 0 Å². The molecule has 0 radical (unpaired) electrons. The molecule has 3 aromatic heterocycles. The molecule has 1 saturated heterocycles. The number of hydrogen-bond donors (Lipinski definition) is 0. The summed E-state index contributed by atoms with van der Waals surface area (Å²) < 4.78 is 5.34. The zero-order valence-electron chi connectivity index (χ0n) is 13.9. The van der Waals surface area contributed by atoms with Crippen LogP contribution in [0.15, 0.2) is 41.2 Å². The molecule has 1 atom stereocenters. The van der Waals surface area contributed by atoms with Gasteiger partial charge in [0.05, 0.1) is 4.88 Å². The minimum atomic E-state index is 0.131. The van der Waals surface area contributed by atoms with Crippen molar-refractivity contribution in [1.29, 1.82) is 0 Å². The molecule has 1 aliphatic rings. The predicted molar refractivity (Wildman–Crippen MR) is 94.3 cm³/mol. The number of aromatic nitrogens is 3. The molecule has 0 aromatic carbocycles. The summed E-state index contributed by atoms with van der Waals surface area (Å²) in [4.78, 5) is 24.9. The number of aryl methyl sites for hydroxylation is 1. The third kappa shape index (κ3) is 3.46. The van der Waals surface area contributed by atoms with Gasteiger partial charge in [-0.15, -0.1) is 11.3 Å². The fourth-order valence-electron chi connectivity index (χ4n) is 3.10. The van der Waals surface area contributed by atoms with E-state index in [1.165, 1.54) is 0 Å². The summed E-state index contributed by atoms with van der Waals surface area (Å²) in [7, 11) is 0. The molecule has 7 heteroatoms. The first-order valence-electron chi connectivity index (χ1n) is 8.28. The number of amides is 1. The van der Waals surface area contributed by atoms with Crippen molar-refractivity contribution in [2.45, 2.75) is 19.8 Å². The van der Waals surface area contributed by atoms with Gasteiger partial charge in [0.1, 0.15) is 0 Å². The SMILES string of the molecule is Cc1ccc(C(=O)N2CCC(Cc3noc(-c4ccncc4)n3)C2)s1. The van der Waals surface area contributed by atoms with Gasteiger partial charge in [0.15, 0.2) is 5.82 Å². The Hall–Kier alpha value is -2.54. The second-order valence-corrected chi connectivity index (χ2v) is 7.56. The molecule has 0 aliphatic carbocycles. The van der Waals surface area contributed by atoms with Gasteiger partial charge in [-0.05, 0) is 43.5 Å². The van der Waals surface area contributed by atoms with Crippen LogP contribution in [-0.4, -0.2) is 39.0 Å². The molecule has 0 saturated carbocycles. The van der Waals surface area contributed by atoms with E-state index in [2.05, 4.69) is 15.1 Å². The van der Waals surface area contributed by atoms with Gasteiger partial charge in [-0.3, -0.25) is 9.78 Å². The minimum absolute atomic E-state index is 0.131. The Kier molecular flexibility index (Phi) is 4.31. The van der Waals surface area contributed by atoms with Crippen molar-refractivity contribution in [2.75, 3.05) is 13.1 Å². The molecule has 3 aromatic rings. The Labute approximate surface area is 149 Å². The number of nitrogens with zero attached hydrogens (tertiary/aromatic N) is 4. The number of pyridine rings is 1. The van der Waals surface area contributed by atoms with E-state index < -0.39 is 0 Å². The predicted octanol–water partition coefficient (Wildman–Crippen LogP) is 3.21. The van der Waals surface area contributed by atoms with E-state index in [1.807, 2.05) is 36.1 Å². The van der Waals surface area contributed by atoms with Gasteiger partial charge in [-0.2, -0.15) is 4.98 Å². The van der Waals surface area contributed by atoms with Gasteiger partial charge in [-0.25, -0.2) is 0 Å². The molecule has 4 rings (SSSR count). The molecule has 128 valence electrons. The lowest BCUT2D eigenvalue weighted by Gasteiger charge is -2.15. The Morgan fingerprint density at radius 3 is 2.92 bits per heavy atom. The number of rotatable bonds is 4. The monoisotopic (exact) mass is 354 g/mol. The number of carbonyl (C=O) groups excluding carboxylic acids is 1. The number of thiophene rings is 1. The van der Waals surface area contributed by atoms with Crippen LogP contribution >= 0.6 is 11.3 Å². The van der Waals surface area contributed by atoms with Crippen molar-refractivity contribution in [3.8, 4) is 11.5 Å². The molecule has 1 aliphatic heterocycles. The van der Waals surface area contributed by atoms with Gasteiger partial charge in [0.25, 0.3) is 11.8 Å². The highest BCUT2D eigenvalue weighted by molar-refractivity contribution is 7.13. The Morgan fingerprint density at radius 2 is 2.16 bits per heavy atom. The Morgan fingerprint density at radius 1 is 1.32 bits per heavy atom. The van der Waals surface area contributed by atoms with E-state index in [-0.39, 0.29) is 5.91 Å². The van der Waals surface area contributed by atoms with Crippen LogP contribution in [0.3, 0.4) is 0 Å². The third-order valence-corrected chi connectivity index (χ3v) is 5.38. The van der Waals surface area contributed by atoms with Crippen molar-refractivity contribution >= 4 is 17.2 Å². The number of carbonyl (C=O) groups is 1. The summed E-state index contributed by atoms with van der Waals surface area (Å²) >= 11 is 1.55. The van der Waals surface area contributed by atoms with Crippen molar-refractivity contribution in [1.82, 2.24) is 20.0 Å². The van der Waals surface area contributed by atoms with Crippen molar-refractivity contribution in [3.63, 3.8) is 0 Å². The number of hydrogen-bond acceptors (Lipinski definition) is 6. The summed E-state index contributed by atoms with van der Waals surface area (Å²) in [6.45, 7) is 3.55. The maximum absolute atomic E-state index is 12.5. The van der Waals surface area contributed by atoms with Crippen molar-refractivity contribution < 1.29 is 9.32 Å². The summed E-state index contributed by atoms with van der Waals surface area (Å²) in [5.74, 6) is 1.70. The molecule has 6 nitrogen and oxygen atoms in total. The Balaban J connectivity index is 1.38. The maximum Gasteiger partial charge on any atom is 0.263 e. The fourth-order valence-corrected chi connectivity index (χ4v) is 3.93. The van der Waals surface area contributed by atoms with E-state index in [0.717, 1.165) is 41.2 Å². The standard InChI is InChI=1S/C18H18N4O2S/c1-12-2-3-15(25-12)18(23)22-9-6-13(11-22)10-16-20-17(24-21-16)14-4-7-19-8-5-14/h2-5,7-8,13H,6,9-11H2,1H3. The normalized spacial score (nSPS) is 17.2. The van der Waals surface area contributed by atoms with Crippen LogP contribution in [0.4, 0.5) is 0 Å². The van der Waals surface area contributed by atoms with Crippen LogP contribution in [0.25, 0.3) is 11.5 Å². The highest BCUT2D eigenvalue weighted by Gasteiger charge is 2.28. The van der Waals surface area contributed by atoms with Crippen molar-refractivity contribution in [3.05, 3.63) is 52.2 Å². The molecule has 1 amide bonds. The van der Waals surface area contributed by atoms with Gasteiger partial charge in [0, 0.05) is 42.3 Å². The molecule has 1 unspecified atom stereocenters. The van der Waals surface area contributed by atoms with Gasteiger partial charge >= 0.3 is 0 Å². The fraction of sp³-hybridized carbons (Fsp3) is 0.333. The first kappa shape index (κ1) is 16.0. The molecule has 0 bridgehead atoms. The zero-order valence-corrected chi connectivity index (χ0v) is 14.7.